The van der Waals surface area contributed by atoms with Crippen LogP contribution in [0.2, 0.25) is 0 Å². The van der Waals surface area contributed by atoms with Gasteiger partial charge in [0.25, 0.3) is 0 Å². The van der Waals surface area contributed by atoms with Crippen molar-refractivity contribution in [1.82, 2.24) is 0 Å². The highest BCUT2D eigenvalue weighted by atomic mass is 16.6. The third-order valence-electron chi connectivity index (χ3n) is 8.41. The number of fused-ring (bicyclic) bond motifs is 4. The fraction of sp³-hybridized carbons (Fsp3) is 0. The maximum atomic E-state index is 11.6. The van der Waals surface area contributed by atoms with Gasteiger partial charge in [0.05, 0.1) is 55.9 Å². The zero-order valence-corrected chi connectivity index (χ0v) is 28.0. The molecule has 0 fully saturated rings. The summed E-state index contributed by atoms with van der Waals surface area (Å²) in [5, 5.41) is 7.90. The van der Waals surface area contributed by atoms with Gasteiger partial charge in [-0.3, -0.25) is 0 Å². The lowest BCUT2D eigenvalue weighted by Crippen LogP contribution is -1.96. The number of esters is 8. The van der Waals surface area contributed by atoms with Crippen LogP contribution in [-0.2, 0) is 18.9 Å². The normalized spacial score (nSPS) is 14.2. The molecule has 0 N–H and O–H groups in total. The quantitative estimate of drug-likeness (QED) is 0.0691. The van der Waals surface area contributed by atoms with Crippen LogP contribution in [0, 0.1) is 23.7 Å². The van der Waals surface area contributed by atoms with Crippen molar-refractivity contribution in [2.75, 3.05) is 0 Å². The minimum Gasteiger partial charge on any atom is -0.386 e. The SMILES string of the molecule is O=C1OC(=O)c2cc(C#Cc3ccc(C#Cc4ccc5c(c4)C(=O)OC5=O)cc3)ccc21.O=C1OC(=O)c2cc(N=Nc3ccc4c(c3)C(=O)OC4=O)ccc21. The van der Waals surface area contributed by atoms with Crippen molar-refractivity contribution in [3.63, 3.8) is 0 Å². The Labute approximate surface area is 313 Å². The van der Waals surface area contributed by atoms with E-state index in [4.69, 9.17) is 0 Å². The Morgan fingerprint density at radius 2 is 0.536 bits per heavy atom. The number of cyclic esters (lactones) is 8. The van der Waals surface area contributed by atoms with E-state index in [1.54, 1.807) is 36.4 Å². The van der Waals surface area contributed by atoms with E-state index in [2.05, 4.69) is 52.9 Å². The largest absolute Gasteiger partial charge is 0.386 e. The monoisotopic (exact) mass is 740 g/mol. The van der Waals surface area contributed by atoms with E-state index in [0.29, 0.717) is 22.5 Å². The molecule has 5 aromatic carbocycles. The lowest BCUT2D eigenvalue weighted by molar-refractivity contribution is 0.0425. The van der Waals surface area contributed by atoms with Gasteiger partial charge in [-0.2, -0.15) is 10.2 Å². The molecule has 0 unspecified atom stereocenters. The second-order valence-corrected chi connectivity index (χ2v) is 12.0. The average Bonchev–Trinajstić information content (AvgIpc) is 3.86. The molecule has 4 heterocycles. The number of rotatable bonds is 2. The van der Waals surface area contributed by atoms with Crippen molar-refractivity contribution < 1.29 is 57.3 Å². The predicted molar refractivity (Wildman–Crippen MR) is 187 cm³/mol. The summed E-state index contributed by atoms with van der Waals surface area (Å²) in [6.45, 7) is 0. The molecule has 5 aromatic rings. The van der Waals surface area contributed by atoms with Gasteiger partial charge in [0.2, 0.25) is 0 Å². The molecule has 9 rings (SSSR count). The van der Waals surface area contributed by atoms with Crippen molar-refractivity contribution in [2.24, 2.45) is 10.2 Å². The molecule has 0 saturated carbocycles. The second kappa shape index (κ2) is 13.7. The van der Waals surface area contributed by atoms with Gasteiger partial charge in [-0.05, 0) is 97.1 Å². The number of carbonyl (C=O) groups is 8. The summed E-state index contributed by atoms with van der Waals surface area (Å²) in [7, 11) is 0. The van der Waals surface area contributed by atoms with Gasteiger partial charge in [-0.1, -0.05) is 23.7 Å². The summed E-state index contributed by atoms with van der Waals surface area (Å²) >= 11 is 0. The van der Waals surface area contributed by atoms with Crippen LogP contribution in [0.25, 0.3) is 0 Å². The number of hydrogen-bond donors (Lipinski definition) is 0. The van der Waals surface area contributed by atoms with E-state index in [9.17, 15) is 38.4 Å². The van der Waals surface area contributed by atoms with Gasteiger partial charge in [0, 0.05) is 22.3 Å². The molecule has 0 amide bonds. The third kappa shape index (κ3) is 6.60. The third-order valence-corrected chi connectivity index (χ3v) is 8.41. The molecule has 14 nitrogen and oxygen atoms in total. The van der Waals surface area contributed by atoms with E-state index in [1.807, 2.05) is 0 Å². The van der Waals surface area contributed by atoms with Crippen LogP contribution in [-0.4, -0.2) is 47.8 Å². The van der Waals surface area contributed by atoms with E-state index in [-0.39, 0.29) is 44.5 Å². The Kier molecular flexibility index (Phi) is 8.46. The van der Waals surface area contributed by atoms with Gasteiger partial charge >= 0.3 is 47.8 Å². The van der Waals surface area contributed by atoms with Crippen molar-refractivity contribution in [3.05, 3.63) is 164 Å². The van der Waals surface area contributed by atoms with Crippen LogP contribution in [0.5, 0.6) is 0 Å². The Hall–Kier alpha value is -8.62. The fourth-order valence-electron chi connectivity index (χ4n) is 5.64. The molecule has 0 radical (unpaired) electrons. The maximum Gasteiger partial charge on any atom is 0.346 e. The van der Waals surface area contributed by atoms with Crippen molar-refractivity contribution in [3.8, 4) is 23.7 Å². The molecule has 14 heteroatoms. The first-order valence-electron chi connectivity index (χ1n) is 16.2. The van der Waals surface area contributed by atoms with Crippen LogP contribution in [0.1, 0.15) is 105 Å². The summed E-state index contributed by atoms with van der Waals surface area (Å²) in [5.74, 6) is 6.45. The number of ether oxygens (including phenoxy) is 4. The molecule has 0 aliphatic carbocycles. The van der Waals surface area contributed by atoms with Gasteiger partial charge in [-0.25, -0.2) is 38.4 Å². The van der Waals surface area contributed by atoms with E-state index >= 15 is 0 Å². The number of nitrogens with zero attached hydrogens (tertiary/aromatic N) is 2. The van der Waals surface area contributed by atoms with Crippen LogP contribution in [0.3, 0.4) is 0 Å². The van der Waals surface area contributed by atoms with Crippen molar-refractivity contribution >= 4 is 59.1 Å². The summed E-state index contributed by atoms with van der Waals surface area (Å²) < 4.78 is 18.1. The lowest BCUT2D eigenvalue weighted by Gasteiger charge is -1.97. The van der Waals surface area contributed by atoms with Gasteiger partial charge < -0.3 is 18.9 Å². The summed E-state index contributed by atoms with van der Waals surface area (Å²) in [6, 6.07) is 25.3. The minimum atomic E-state index is -0.731. The summed E-state index contributed by atoms with van der Waals surface area (Å²) in [4.78, 5) is 92.0. The summed E-state index contributed by atoms with van der Waals surface area (Å²) in [5.41, 5.74) is 4.87. The Balaban J connectivity index is 0.000000164. The van der Waals surface area contributed by atoms with Crippen LogP contribution in [0.15, 0.2) is 107 Å². The minimum absolute atomic E-state index is 0.125. The molecule has 4 aliphatic heterocycles. The highest BCUT2D eigenvalue weighted by Gasteiger charge is 2.32. The number of hydrogen-bond acceptors (Lipinski definition) is 14. The van der Waals surface area contributed by atoms with Crippen molar-refractivity contribution in [2.45, 2.75) is 0 Å². The highest BCUT2D eigenvalue weighted by Crippen LogP contribution is 2.29. The van der Waals surface area contributed by atoms with E-state index in [0.717, 1.165) is 11.1 Å². The lowest BCUT2D eigenvalue weighted by atomic mass is 10.0. The zero-order chi connectivity index (χ0) is 39.1. The van der Waals surface area contributed by atoms with E-state index in [1.165, 1.54) is 60.7 Å². The molecule has 0 saturated heterocycles. The molecule has 56 heavy (non-hydrogen) atoms. The Bertz CT molecular complexity index is 2670. The molecule has 0 bridgehead atoms. The second-order valence-electron chi connectivity index (χ2n) is 12.0. The highest BCUT2D eigenvalue weighted by molar-refractivity contribution is 6.17. The molecular weight excluding hydrogens is 724 g/mol. The molecule has 0 atom stereocenters. The zero-order valence-electron chi connectivity index (χ0n) is 28.0. The van der Waals surface area contributed by atoms with Gasteiger partial charge in [0.1, 0.15) is 0 Å². The summed E-state index contributed by atoms with van der Waals surface area (Å²) in [6.07, 6.45) is 0. The topological polar surface area (TPSA) is 198 Å². The molecule has 4 aliphatic rings. The van der Waals surface area contributed by atoms with Crippen LogP contribution >= 0.6 is 0 Å². The molecule has 0 aromatic heterocycles. The Morgan fingerprint density at radius 1 is 0.286 bits per heavy atom. The Morgan fingerprint density at radius 3 is 0.875 bits per heavy atom. The maximum absolute atomic E-state index is 11.6. The smallest absolute Gasteiger partial charge is 0.346 e. The first-order valence-corrected chi connectivity index (χ1v) is 16.2. The number of azo groups is 1. The first kappa shape index (κ1) is 34.5. The van der Waals surface area contributed by atoms with Crippen LogP contribution < -0.4 is 0 Å². The number of carbonyl (C=O) groups excluding carboxylic acids is 8. The average molecular weight is 741 g/mol. The number of benzene rings is 5. The molecule has 266 valence electrons. The van der Waals surface area contributed by atoms with E-state index < -0.39 is 47.8 Å². The predicted octanol–water partition coefficient (Wildman–Crippen LogP) is 5.83. The standard InChI is InChI=1S/C26H10O6.C16H6N2O6/c27-23-19-11-9-17(13-21(19)25(29)31-23)7-5-15-1-2-16(4-3-15)6-8-18-10-12-20-22(14-18)26(30)32-24(20)28;19-13-9-3-1-7(5-11(9)15(21)23-13)17-18-8-2-4-10-12(6-8)16(22)24-14(10)20/h1-4,9-14H;1-6H. The fourth-order valence-corrected chi connectivity index (χ4v) is 5.64. The van der Waals surface area contributed by atoms with Gasteiger partial charge in [-0.15, -0.1) is 0 Å². The van der Waals surface area contributed by atoms with Crippen LogP contribution in [0.4, 0.5) is 11.4 Å². The molecular formula is C42H16N2O12. The van der Waals surface area contributed by atoms with Gasteiger partial charge in [0.15, 0.2) is 0 Å². The molecule has 0 spiro atoms. The van der Waals surface area contributed by atoms with Crippen molar-refractivity contribution in [1.29, 1.82) is 0 Å². The first-order chi connectivity index (χ1) is 27.0.